The molecule has 1 unspecified atom stereocenters. The van der Waals surface area contributed by atoms with E-state index in [0.29, 0.717) is 12.5 Å². The van der Waals surface area contributed by atoms with Gasteiger partial charge >= 0.3 is 6.03 Å². The number of piperidine rings is 1. The van der Waals surface area contributed by atoms with Crippen molar-refractivity contribution >= 4 is 6.03 Å². The van der Waals surface area contributed by atoms with Crippen LogP contribution in [0.4, 0.5) is 4.79 Å². The topological polar surface area (TPSA) is 57.5 Å². The zero-order valence-corrected chi connectivity index (χ0v) is 13.9. The minimum Gasteiger partial charge on any atom is -0.472 e. The molecule has 1 aromatic carbocycles. The molecule has 0 bridgehead atoms. The van der Waals surface area contributed by atoms with Gasteiger partial charge in [-0.1, -0.05) is 30.3 Å². The highest BCUT2D eigenvalue weighted by Crippen LogP contribution is 2.18. The molecule has 2 aromatic rings. The predicted molar refractivity (Wildman–Crippen MR) is 93.4 cm³/mol. The number of carbonyl (C=O) groups is 1. The zero-order chi connectivity index (χ0) is 16.6. The molecule has 1 aliphatic heterocycles. The van der Waals surface area contributed by atoms with E-state index >= 15 is 0 Å². The molecule has 0 aliphatic carbocycles. The van der Waals surface area contributed by atoms with Gasteiger partial charge in [0.25, 0.3) is 0 Å². The van der Waals surface area contributed by atoms with Crippen LogP contribution in [0.15, 0.2) is 53.3 Å². The molecule has 5 heteroatoms. The summed E-state index contributed by atoms with van der Waals surface area (Å²) in [4.78, 5) is 14.4. The van der Waals surface area contributed by atoms with Crippen molar-refractivity contribution in [3.05, 3.63) is 60.1 Å². The van der Waals surface area contributed by atoms with Crippen molar-refractivity contribution in [1.29, 1.82) is 0 Å². The van der Waals surface area contributed by atoms with E-state index in [4.69, 9.17) is 4.42 Å². The first kappa shape index (κ1) is 16.6. The third kappa shape index (κ3) is 5.13. The SMILES string of the molecule is O=C(NCc1ccoc1)NCC1CCCN(Cc2ccccc2)C1. The molecular formula is C19H25N3O2. The second-order valence-corrected chi connectivity index (χ2v) is 6.42. The second kappa shape index (κ2) is 8.55. The number of urea groups is 1. The molecule has 2 N–H and O–H groups in total. The Kier molecular flexibility index (Phi) is 5.90. The lowest BCUT2D eigenvalue weighted by molar-refractivity contribution is 0.165. The molecule has 0 saturated carbocycles. The van der Waals surface area contributed by atoms with Crippen LogP contribution in [0.3, 0.4) is 0 Å². The van der Waals surface area contributed by atoms with Crippen LogP contribution in [0, 0.1) is 5.92 Å². The van der Waals surface area contributed by atoms with E-state index in [1.807, 2.05) is 6.07 Å². The Morgan fingerprint density at radius 2 is 2.04 bits per heavy atom. The molecule has 1 saturated heterocycles. The molecule has 0 spiro atoms. The van der Waals surface area contributed by atoms with Gasteiger partial charge in [0.15, 0.2) is 0 Å². The van der Waals surface area contributed by atoms with Crippen molar-refractivity contribution in [3.63, 3.8) is 0 Å². The molecule has 2 heterocycles. The Balaban J connectivity index is 1.38. The molecule has 1 fully saturated rings. The summed E-state index contributed by atoms with van der Waals surface area (Å²) in [6.07, 6.45) is 5.62. The number of nitrogens with one attached hydrogen (secondary N) is 2. The summed E-state index contributed by atoms with van der Waals surface area (Å²) in [6.45, 7) is 4.38. The third-order valence-electron chi connectivity index (χ3n) is 4.44. The van der Waals surface area contributed by atoms with Crippen LogP contribution in [-0.4, -0.2) is 30.6 Å². The number of hydrogen-bond acceptors (Lipinski definition) is 3. The number of hydrogen-bond donors (Lipinski definition) is 2. The standard InChI is InChI=1S/C19H25N3O2/c23-19(21-12-18-8-10-24-15-18)20-11-17-7-4-9-22(14-17)13-16-5-2-1-3-6-16/h1-3,5-6,8,10,15,17H,4,7,9,11-14H2,(H2,20,21,23). The van der Waals surface area contributed by atoms with Gasteiger partial charge in [-0.3, -0.25) is 4.90 Å². The first-order chi connectivity index (χ1) is 11.8. The quantitative estimate of drug-likeness (QED) is 0.857. The highest BCUT2D eigenvalue weighted by molar-refractivity contribution is 5.73. The molecule has 1 atom stereocenters. The lowest BCUT2D eigenvalue weighted by atomic mass is 9.97. The average Bonchev–Trinajstić information content (AvgIpc) is 3.13. The third-order valence-corrected chi connectivity index (χ3v) is 4.44. The van der Waals surface area contributed by atoms with E-state index in [1.165, 1.54) is 18.4 Å². The first-order valence-electron chi connectivity index (χ1n) is 8.58. The van der Waals surface area contributed by atoms with Crippen LogP contribution in [0.1, 0.15) is 24.0 Å². The lowest BCUT2D eigenvalue weighted by Crippen LogP contribution is -2.43. The fourth-order valence-electron chi connectivity index (χ4n) is 3.18. The van der Waals surface area contributed by atoms with E-state index < -0.39 is 0 Å². The van der Waals surface area contributed by atoms with Crippen LogP contribution >= 0.6 is 0 Å². The summed E-state index contributed by atoms with van der Waals surface area (Å²) in [7, 11) is 0. The van der Waals surface area contributed by atoms with Gasteiger partial charge in [-0.25, -0.2) is 4.79 Å². The zero-order valence-electron chi connectivity index (χ0n) is 13.9. The van der Waals surface area contributed by atoms with E-state index in [1.54, 1.807) is 12.5 Å². The number of rotatable bonds is 6. The second-order valence-electron chi connectivity index (χ2n) is 6.42. The smallest absolute Gasteiger partial charge is 0.315 e. The molecule has 3 rings (SSSR count). The predicted octanol–water partition coefficient (Wildman–Crippen LogP) is 2.99. The summed E-state index contributed by atoms with van der Waals surface area (Å²) in [5.41, 5.74) is 2.32. The van der Waals surface area contributed by atoms with Crippen molar-refractivity contribution in [1.82, 2.24) is 15.5 Å². The normalized spacial score (nSPS) is 18.2. The summed E-state index contributed by atoms with van der Waals surface area (Å²) >= 11 is 0. The summed E-state index contributed by atoms with van der Waals surface area (Å²) in [5.74, 6) is 0.516. The van der Waals surface area contributed by atoms with E-state index in [2.05, 4.69) is 45.9 Å². The Morgan fingerprint density at radius 1 is 1.17 bits per heavy atom. The van der Waals surface area contributed by atoms with Crippen LogP contribution < -0.4 is 10.6 Å². The molecule has 5 nitrogen and oxygen atoms in total. The highest BCUT2D eigenvalue weighted by atomic mass is 16.3. The number of amides is 2. The number of carbonyl (C=O) groups excluding carboxylic acids is 1. The molecule has 2 amide bonds. The van der Waals surface area contributed by atoms with Crippen molar-refractivity contribution in [2.45, 2.75) is 25.9 Å². The van der Waals surface area contributed by atoms with Crippen molar-refractivity contribution in [2.24, 2.45) is 5.92 Å². The monoisotopic (exact) mass is 327 g/mol. The minimum atomic E-state index is -0.114. The van der Waals surface area contributed by atoms with Crippen molar-refractivity contribution in [3.8, 4) is 0 Å². The van der Waals surface area contributed by atoms with Gasteiger partial charge in [-0.05, 0) is 36.9 Å². The average molecular weight is 327 g/mol. The van der Waals surface area contributed by atoms with E-state index in [-0.39, 0.29) is 6.03 Å². The van der Waals surface area contributed by atoms with Crippen LogP contribution in [0.2, 0.25) is 0 Å². The maximum absolute atomic E-state index is 11.9. The molecular weight excluding hydrogens is 302 g/mol. The van der Waals surface area contributed by atoms with Gasteiger partial charge in [-0.2, -0.15) is 0 Å². The van der Waals surface area contributed by atoms with Crippen LogP contribution in [-0.2, 0) is 13.1 Å². The number of likely N-dealkylation sites (tertiary alicyclic amines) is 1. The number of benzene rings is 1. The fourth-order valence-corrected chi connectivity index (χ4v) is 3.18. The van der Waals surface area contributed by atoms with Crippen LogP contribution in [0.25, 0.3) is 0 Å². The maximum atomic E-state index is 11.9. The van der Waals surface area contributed by atoms with Crippen LogP contribution in [0.5, 0.6) is 0 Å². The molecule has 24 heavy (non-hydrogen) atoms. The minimum absolute atomic E-state index is 0.114. The Morgan fingerprint density at radius 3 is 2.83 bits per heavy atom. The van der Waals surface area contributed by atoms with Gasteiger partial charge in [-0.15, -0.1) is 0 Å². The van der Waals surface area contributed by atoms with Crippen molar-refractivity contribution in [2.75, 3.05) is 19.6 Å². The van der Waals surface area contributed by atoms with Crippen molar-refractivity contribution < 1.29 is 9.21 Å². The van der Waals surface area contributed by atoms with Gasteiger partial charge in [0, 0.05) is 31.7 Å². The Bertz CT molecular complexity index is 613. The number of nitrogens with zero attached hydrogens (tertiary/aromatic N) is 1. The first-order valence-corrected chi connectivity index (χ1v) is 8.58. The molecule has 0 radical (unpaired) electrons. The summed E-state index contributed by atoms with van der Waals surface area (Å²) in [5, 5.41) is 5.84. The Labute approximate surface area is 143 Å². The fraction of sp³-hybridized carbons (Fsp3) is 0.421. The summed E-state index contributed by atoms with van der Waals surface area (Å²) in [6, 6.07) is 12.3. The van der Waals surface area contributed by atoms with Gasteiger partial charge in [0.1, 0.15) is 0 Å². The molecule has 128 valence electrons. The molecule has 1 aromatic heterocycles. The lowest BCUT2D eigenvalue weighted by Gasteiger charge is -2.32. The van der Waals surface area contributed by atoms with Gasteiger partial charge in [0.2, 0.25) is 0 Å². The Hall–Kier alpha value is -2.27. The highest BCUT2D eigenvalue weighted by Gasteiger charge is 2.20. The van der Waals surface area contributed by atoms with Gasteiger partial charge < -0.3 is 15.1 Å². The van der Waals surface area contributed by atoms with E-state index in [0.717, 1.165) is 31.7 Å². The van der Waals surface area contributed by atoms with E-state index in [9.17, 15) is 4.79 Å². The maximum Gasteiger partial charge on any atom is 0.315 e. The molecule has 1 aliphatic rings. The number of furan rings is 1. The van der Waals surface area contributed by atoms with Gasteiger partial charge in [0.05, 0.1) is 12.5 Å². The summed E-state index contributed by atoms with van der Waals surface area (Å²) < 4.78 is 4.99. The largest absolute Gasteiger partial charge is 0.472 e.